The molecule has 2 aromatic carbocycles. The number of nitrogens with one attached hydrogen (secondary N) is 1. The van der Waals surface area contributed by atoms with E-state index in [0.717, 1.165) is 26.3 Å². The highest BCUT2D eigenvalue weighted by Crippen LogP contribution is 2.34. The van der Waals surface area contributed by atoms with Crippen molar-refractivity contribution in [2.45, 2.75) is 16.3 Å². The van der Waals surface area contributed by atoms with Gasteiger partial charge in [0.1, 0.15) is 0 Å². The quantitative estimate of drug-likeness (QED) is 0.540. The van der Waals surface area contributed by atoms with Crippen molar-refractivity contribution in [1.82, 2.24) is 15.2 Å². The van der Waals surface area contributed by atoms with Gasteiger partial charge >= 0.3 is 0 Å². The number of benzene rings is 2. The van der Waals surface area contributed by atoms with E-state index in [1.807, 2.05) is 42.5 Å². The average Bonchev–Trinajstić information content (AvgIpc) is 2.70. The summed E-state index contributed by atoms with van der Waals surface area (Å²) < 4.78 is 0. The molecule has 134 valence electrons. The van der Waals surface area contributed by atoms with E-state index < -0.39 is 0 Å². The van der Waals surface area contributed by atoms with E-state index >= 15 is 0 Å². The molecule has 0 aliphatic heterocycles. The lowest BCUT2D eigenvalue weighted by Crippen LogP contribution is -2.13. The van der Waals surface area contributed by atoms with Gasteiger partial charge in [0.05, 0.1) is 16.1 Å². The van der Waals surface area contributed by atoms with Crippen LogP contribution in [0.3, 0.4) is 0 Å². The number of nitrogens with two attached hydrogens (primary N) is 1. The smallest absolute Gasteiger partial charge is 0.272 e. The first-order chi connectivity index (χ1) is 13.2. The summed E-state index contributed by atoms with van der Waals surface area (Å²) in [4.78, 5) is 18.3. The fraction of sp³-hybridized carbons (Fsp3) is 0.0500. The van der Waals surface area contributed by atoms with Gasteiger partial charge in [-0.3, -0.25) is 9.78 Å². The Hall–Kier alpha value is -2.67. The monoisotopic (exact) mass is 394 g/mol. The molecule has 3 N–H and O–H groups in total. The Kier molecular flexibility index (Phi) is 4.94. The van der Waals surface area contributed by atoms with Gasteiger partial charge in [0.2, 0.25) is 0 Å². The summed E-state index contributed by atoms with van der Waals surface area (Å²) in [5, 5.41) is 8.56. The summed E-state index contributed by atoms with van der Waals surface area (Å²) in [6, 6.07) is 15.4. The molecule has 0 saturated heterocycles. The summed E-state index contributed by atoms with van der Waals surface area (Å²) in [7, 11) is 0. The van der Waals surface area contributed by atoms with E-state index in [9.17, 15) is 4.79 Å². The van der Waals surface area contributed by atoms with Gasteiger partial charge in [-0.05, 0) is 35.9 Å². The highest BCUT2D eigenvalue weighted by atomic mass is 35.5. The SMILES string of the molecule is NCc1n[nH]c(=O)c2ccc(-c3cncc(Sc4ccccc4Cl)c3)cc12. The van der Waals surface area contributed by atoms with Gasteiger partial charge in [0, 0.05) is 39.7 Å². The lowest BCUT2D eigenvalue weighted by molar-refractivity contribution is 0.900. The first-order valence-electron chi connectivity index (χ1n) is 8.25. The third-order valence-electron chi connectivity index (χ3n) is 4.17. The number of aromatic amines is 1. The molecule has 5 nitrogen and oxygen atoms in total. The number of halogens is 1. The van der Waals surface area contributed by atoms with Crippen molar-refractivity contribution in [3.8, 4) is 11.1 Å². The molecule has 0 unspecified atom stereocenters. The molecule has 0 amide bonds. The van der Waals surface area contributed by atoms with Gasteiger partial charge in [0.25, 0.3) is 5.56 Å². The molecule has 4 aromatic rings. The van der Waals surface area contributed by atoms with Crippen LogP contribution in [0.25, 0.3) is 21.9 Å². The number of pyridine rings is 1. The maximum atomic E-state index is 12.0. The third kappa shape index (κ3) is 3.60. The molecule has 0 aliphatic rings. The Labute approximate surface area is 164 Å². The average molecular weight is 395 g/mol. The number of hydrogen-bond donors (Lipinski definition) is 2. The highest BCUT2D eigenvalue weighted by molar-refractivity contribution is 7.99. The zero-order valence-electron chi connectivity index (χ0n) is 14.1. The maximum absolute atomic E-state index is 12.0. The summed E-state index contributed by atoms with van der Waals surface area (Å²) in [6.45, 7) is 0.247. The van der Waals surface area contributed by atoms with Crippen molar-refractivity contribution in [3.05, 3.63) is 82.0 Å². The largest absolute Gasteiger partial charge is 0.325 e. The minimum Gasteiger partial charge on any atom is -0.325 e. The van der Waals surface area contributed by atoms with Gasteiger partial charge in [0.15, 0.2) is 0 Å². The van der Waals surface area contributed by atoms with E-state index in [0.29, 0.717) is 16.1 Å². The molecular weight excluding hydrogens is 380 g/mol. The second kappa shape index (κ2) is 7.52. The molecule has 0 aliphatic carbocycles. The Morgan fingerprint density at radius 2 is 1.89 bits per heavy atom. The standard InChI is InChI=1S/C20H15ClN4OS/c21-17-3-1-2-4-19(17)27-14-7-13(10-23-11-14)12-5-6-15-16(8-12)18(9-22)24-25-20(15)26/h1-8,10-11H,9,22H2,(H,25,26). The van der Waals surface area contributed by atoms with Crippen LogP contribution in [0.5, 0.6) is 0 Å². The minimum atomic E-state index is -0.227. The minimum absolute atomic E-state index is 0.227. The van der Waals surface area contributed by atoms with Crippen LogP contribution in [0.2, 0.25) is 5.02 Å². The van der Waals surface area contributed by atoms with Crippen molar-refractivity contribution >= 4 is 34.1 Å². The Balaban J connectivity index is 1.76. The second-order valence-electron chi connectivity index (χ2n) is 5.91. The van der Waals surface area contributed by atoms with Crippen molar-refractivity contribution in [3.63, 3.8) is 0 Å². The molecular formula is C20H15ClN4OS. The van der Waals surface area contributed by atoms with Crippen LogP contribution in [-0.4, -0.2) is 15.2 Å². The number of H-pyrrole nitrogens is 1. The van der Waals surface area contributed by atoms with Crippen molar-refractivity contribution < 1.29 is 0 Å². The molecule has 0 saturated carbocycles. The van der Waals surface area contributed by atoms with Crippen LogP contribution in [0.15, 0.2) is 75.5 Å². The molecule has 27 heavy (non-hydrogen) atoms. The normalized spacial score (nSPS) is 11.0. The van der Waals surface area contributed by atoms with Gasteiger partial charge < -0.3 is 5.73 Å². The van der Waals surface area contributed by atoms with E-state index in [-0.39, 0.29) is 12.1 Å². The van der Waals surface area contributed by atoms with Gasteiger partial charge in [-0.1, -0.05) is 41.6 Å². The zero-order chi connectivity index (χ0) is 18.8. The van der Waals surface area contributed by atoms with Crippen LogP contribution in [0, 0.1) is 0 Å². The van der Waals surface area contributed by atoms with E-state index in [1.165, 1.54) is 0 Å². The van der Waals surface area contributed by atoms with Crippen molar-refractivity contribution in [1.29, 1.82) is 0 Å². The molecule has 0 atom stereocenters. The summed E-state index contributed by atoms with van der Waals surface area (Å²) >= 11 is 7.81. The van der Waals surface area contributed by atoms with Gasteiger partial charge in [-0.25, -0.2) is 5.10 Å². The van der Waals surface area contributed by atoms with Crippen LogP contribution in [0.4, 0.5) is 0 Å². The third-order valence-corrected chi connectivity index (χ3v) is 5.65. The number of aromatic nitrogens is 3. The summed E-state index contributed by atoms with van der Waals surface area (Å²) in [5.74, 6) is 0. The number of fused-ring (bicyclic) bond motifs is 1. The topological polar surface area (TPSA) is 84.7 Å². The molecule has 0 spiro atoms. The number of nitrogens with zero attached hydrogens (tertiary/aromatic N) is 2. The number of rotatable bonds is 4. The Morgan fingerprint density at radius 1 is 1.04 bits per heavy atom. The number of hydrogen-bond acceptors (Lipinski definition) is 5. The van der Waals surface area contributed by atoms with E-state index in [4.69, 9.17) is 17.3 Å². The second-order valence-corrected chi connectivity index (χ2v) is 7.43. The summed E-state index contributed by atoms with van der Waals surface area (Å²) in [6.07, 6.45) is 3.59. The fourth-order valence-electron chi connectivity index (χ4n) is 2.84. The van der Waals surface area contributed by atoms with E-state index in [1.54, 1.807) is 30.2 Å². The van der Waals surface area contributed by atoms with Gasteiger partial charge in [-0.15, -0.1) is 0 Å². The first kappa shape index (κ1) is 17.7. The molecule has 0 bridgehead atoms. The summed E-state index contributed by atoms with van der Waals surface area (Å²) in [5.41, 5.74) is 8.08. The molecule has 7 heteroatoms. The zero-order valence-corrected chi connectivity index (χ0v) is 15.7. The first-order valence-corrected chi connectivity index (χ1v) is 9.44. The van der Waals surface area contributed by atoms with Crippen molar-refractivity contribution in [2.24, 2.45) is 5.73 Å². The lowest BCUT2D eigenvalue weighted by atomic mass is 10.0. The van der Waals surface area contributed by atoms with E-state index in [2.05, 4.69) is 15.2 Å². The predicted molar refractivity (Wildman–Crippen MR) is 109 cm³/mol. The van der Waals surface area contributed by atoms with Crippen LogP contribution in [-0.2, 0) is 6.54 Å². The molecule has 2 aromatic heterocycles. The Bertz CT molecular complexity index is 1190. The fourth-order valence-corrected chi connectivity index (χ4v) is 3.96. The van der Waals surface area contributed by atoms with Gasteiger partial charge in [-0.2, -0.15) is 5.10 Å². The molecule has 0 fully saturated rings. The van der Waals surface area contributed by atoms with Crippen LogP contribution < -0.4 is 11.3 Å². The van der Waals surface area contributed by atoms with Crippen molar-refractivity contribution in [2.75, 3.05) is 0 Å². The predicted octanol–water partition coefficient (Wildman–Crippen LogP) is 4.25. The Morgan fingerprint density at radius 3 is 2.70 bits per heavy atom. The lowest BCUT2D eigenvalue weighted by Gasteiger charge is -2.08. The molecule has 4 rings (SSSR count). The maximum Gasteiger partial charge on any atom is 0.272 e. The van der Waals surface area contributed by atoms with Crippen LogP contribution in [0.1, 0.15) is 5.69 Å². The van der Waals surface area contributed by atoms with Crippen LogP contribution >= 0.6 is 23.4 Å². The highest BCUT2D eigenvalue weighted by Gasteiger charge is 2.09. The molecule has 0 radical (unpaired) electrons. The molecule has 2 heterocycles.